The van der Waals surface area contributed by atoms with E-state index >= 15 is 0 Å². The Hall–Kier alpha value is -1.35. The highest BCUT2D eigenvalue weighted by molar-refractivity contribution is 5.94. The van der Waals surface area contributed by atoms with Crippen LogP contribution in [0.4, 0.5) is 0 Å². The molecule has 1 saturated carbocycles. The first kappa shape index (κ1) is 12.7. The van der Waals surface area contributed by atoms with Crippen LogP contribution < -0.4 is 10.6 Å². The summed E-state index contributed by atoms with van der Waals surface area (Å²) < 4.78 is 0. The summed E-state index contributed by atoms with van der Waals surface area (Å²) in [7, 11) is 0. The van der Waals surface area contributed by atoms with Crippen LogP contribution in [0.5, 0.6) is 0 Å². The van der Waals surface area contributed by atoms with Gasteiger partial charge < -0.3 is 10.6 Å². The first-order valence-corrected chi connectivity index (χ1v) is 7.42. The van der Waals surface area contributed by atoms with E-state index in [1.807, 2.05) is 30.3 Å². The fraction of sp³-hybridized carbons (Fsp3) is 0.562. The molecule has 1 aliphatic carbocycles. The van der Waals surface area contributed by atoms with Gasteiger partial charge in [-0.15, -0.1) is 0 Å². The Bertz CT molecular complexity index is 422. The molecule has 1 aromatic rings. The van der Waals surface area contributed by atoms with Crippen LogP contribution in [-0.4, -0.2) is 24.5 Å². The van der Waals surface area contributed by atoms with Crippen LogP contribution in [0.2, 0.25) is 0 Å². The number of benzene rings is 1. The van der Waals surface area contributed by atoms with Crippen molar-refractivity contribution in [3.05, 3.63) is 35.9 Å². The highest BCUT2D eigenvalue weighted by atomic mass is 16.1. The van der Waals surface area contributed by atoms with Gasteiger partial charge in [0.1, 0.15) is 0 Å². The molecule has 102 valence electrons. The average Bonchev–Trinajstić information content (AvgIpc) is 3.09. The van der Waals surface area contributed by atoms with E-state index in [1.165, 1.54) is 25.7 Å². The number of hydrogen-bond donors (Lipinski definition) is 2. The summed E-state index contributed by atoms with van der Waals surface area (Å²) in [5, 5.41) is 6.78. The summed E-state index contributed by atoms with van der Waals surface area (Å²) in [6.07, 6.45) is 6.23. The van der Waals surface area contributed by atoms with E-state index in [9.17, 15) is 4.79 Å². The van der Waals surface area contributed by atoms with E-state index in [-0.39, 0.29) is 5.91 Å². The summed E-state index contributed by atoms with van der Waals surface area (Å²) in [6, 6.07) is 10.3. The smallest absolute Gasteiger partial charge is 0.251 e. The number of nitrogens with one attached hydrogen (secondary N) is 2. The van der Waals surface area contributed by atoms with Gasteiger partial charge in [-0.3, -0.25) is 4.79 Å². The number of carbonyl (C=O) groups excluding carboxylic acids is 1. The third-order valence-electron chi connectivity index (χ3n) is 4.22. The third-order valence-corrected chi connectivity index (χ3v) is 4.22. The zero-order chi connectivity index (χ0) is 13.1. The minimum atomic E-state index is 0.0694. The molecule has 19 heavy (non-hydrogen) atoms. The van der Waals surface area contributed by atoms with E-state index in [0.29, 0.717) is 12.1 Å². The lowest BCUT2D eigenvalue weighted by Crippen LogP contribution is -2.47. The van der Waals surface area contributed by atoms with Gasteiger partial charge in [0.25, 0.3) is 5.91 Å². The van der Waals surface area contributed by atoms with Crippen molar-refractivity contribution in [2.45, 2.75) is 44.2 Å². The van der Waals surface area contributed by atoms with Crippen molar-refractivity contribution in [1.82, 2.24) is 10.6 Å². The van der Waals surface area contributed by atoms with Crippen molar-refractivity contribution in [3.8, 4) is 0 Å². The molecule has 2 aliphatic rings. The molecule has 0 radical (unpaired) electrons. The van der Waals surface area contributed by atoms with E-state index in [4.69, 9.17) is 0 Å². The molecule has 1 unspecified atom stereocenters. The second kappa shape index (κ2) is 5.74. The number of rotatable bonds is 5. The Morgan fingerprint density at radius 3 is 2.68 bits per heavy atom. The van der Waals surface area contributed by atoms with Crippen LogP contribution >= 0.6 is 0 Å². The van der Waals surface area contributed by atoms with Crippen molar-refractivity contribution in [3.63, 3.8) is 0 Å². The number of amides is 1. The van der Waals surface area contributed by atoms with Crippen molar-refractivity contribution < 1.29 is 4.79 Å². The Morgan fingerprint density at radius 1 is 1.26 bits per heavy atom. The predicted octanol–water partition coefficient (Wildman–Crippen LogP) is 2.34. The molecule has 1 heterocycles. The fourth-order valence-electron chi connectivity index (χ4n) is 2.93. The maximum Gasteiger partial charge on any atom is 0.251 e. The Kier molecular flexibility index (Phi) is 3.83. The minimum Gasteiger partial charge on any atom is -0.348 e. The molecule has 0 aromatic heterocycles. The fourth-order valence-corrected chi connectivity index (χ4v) is 2.93. The summed E-state index contributed by atoms with van der Waals surface area (Å²) in [5.41, 5.74) is 0.765. The van der Waals surface area contributed by atoms with Crippen LogP contribution in [0.3, 0.4) is 0 Å². The summed E-state index contributed by atoms with van der Waals surface area (Å²) in [4.78, 5) is 12.3. The minimum absolute atomic E-state index is 0.0694. The lowest BCUT2D eigenvalue weighted by atomic mass is 10.00. The van der Waals surface area contributed by atoms with Crippen LogP contribution in [-0.2, 0) is 0 Å². The molecule has 3 rings (SSSR count). The molecule has 2 fully saturated rings. The molecule has 1 aliphatic heterocycles. The monoisotopic (exact) mass is 258 g/mol. The number of carbonyl (C=O) groups is 1. The van der Waals surface area contributed by atoms with E-state index in [1.54, 1.807) is 0 Å². The molecule has 0 spiro atoms. The number of hydrogen-bond acceptors (Lipinski definition) is 2. The van der Waals surface area contributed by atoms with Crippen LogP contribution in [0.25, 0.3) is 0 Å². The second-order valence-corrected chi connectivity index (χ2v) is 5.83. The molecule has 3 nitrogen and oxygen atoms in total. The Morgan fingerprint density at radius 2 is 2.05 bits per heavy atom. The first-order valence-electron chi connectivity index (χ1n) is 7.42. The van der Waals surface area contributed by atoms with Gasteiger partial charge in [0.15, 0.2) is 0 Å². The average molecular weight is 258 g/mol. The lowest BCUT2D eigenvalue weighted by molar-refractivity contribution is 0.0925. The zero-order valence-electron chi connectivity index (χ0n) is 11.3. The van der Waals surface area contributed by atoms with Crippen LogP contribution in [0, 0.1) is 5.92 Å². The maximum atomic E-state index is 12.3. The summed E-state index contributed by atoms with van der Waals surface area (Å²) in [6.45, 7) is 1.09. The van der Waals surface area contributed by atoms with Crippen molar-refractivity contribution in [2.75, 3.05) is 6.54 Å². The van der Waals surface area contributed by atoms with Gasteiger partial charge in [-0.05, 0) is 43.9 Å². The standard InChI is InChI=1S/C16H22N2O/c19-16(13-5-2-1-3-6-13)18-15(11-12-8-9-12)14-7-4-10-17-14/h1-3,5-6,12,14-15,17H,4,7-11H2,(H,18,19)/t14?,15-/m1/s1. The maximum absolute atomic E-state index is 12.3. The predicted molar refractivity (Wildman–Crippen MR) is 76.1 cm³/mol. The molecule has 2 atom stereocenters. The van der Waals surface area contributed by atoms with Crippen molar-refractivity contribution >= 4 is 5.91 Å². The third kappa shape index (κ3) is 3.35. The van der Waals surface area contributed by atoms with Gasteiger partial charge in [-0.2, -0.15) is 0 Å². The summed E-state index contributed by atoms with van der Waals surface area (Å²) >= 11 is 0. The molecule has 2 N–H and O–H groups in total. The van der Waals surface area contributed by atoms with E-state index in [0.717, 1.165) is 24.4 Å². The van der Waals surface area contributed by atoms with E-state index < -0.39 is 0 Å². The molecule has 1 amide bonds. The van der Waals surface area contributed by atoms with Crippen molar-refractivity contribution in [2.24, 2.45) is 5.92 Å². The SMILES string of the molecule is O=C(N[C@H](CC1CC1)C1CCCN1)c1ccccc1. The molecule has 3 heteroatoms. The van der Waals surface area contributed by atoms with Gasteiger partial charge in [0, 0.05) is 17.6 Å². The molecule has 0 bridgehead atoms. The molecular weight excluding hydrogens is 236 g/mol. The van der Waals surface area contributed by atoms with Gasteiger partial charge in [0.2, 0.25) is 0 Å². The highest BCUT2D eigenvalue weighted by Gasteiger charge is 2.32. The van der Waals surface area contributed by atoms with Crippen LogP contribution in [0.15, 0.2) is 30.3 Å². The lowest BCUT2D eigenvalue weighted by Gasteiger charge is -2.25. The summed E-state index contributed by atoms with van der Waals surface area (Å²) in [5.74, 6) is 0.906. The van der Waals surface area contributed by atoms with Gasteiger partial charge in [0.05, 0.1) is 0 Å². The quantitative estimate of drug-likeness (QED) is 0.851. The second-order valence-electron chi connectivity index (χ2n) is 5.83. The van der Waals surface area contributed by atoms with Crippen molar-refractivity contribution in [1.29, 1.82) is 0 Å². The first-order chi connectivity index (χ1) is 9.33. The molecule has 1 saturated heterocycles. The zero-order valence-corrected chi connectivity index (χ0v) is 11.3. The van der Waals surface area contributed by atoms with E-state index in [2.05, 4.69) is 10.6 Å². The Balaban J connectivity index is 1.64. The van der Waals surface area contributed by atoms with Gasteiger partial charge in [-0.25, -0.2) is 0 Å². The normalized spacial score (nSPS) is 24.1. The topological polar surface area (TPSA) is 41.1 Å². The molecular formula is C16H22N2O. The molecule has 1 aromatic carbocycles. The highest BCUT2D eigenvalue weighted by Crippen LogP contribution is 2.34. The van der Waals surface area contributed by atoms with Gasteiger partial charge in [-0.1, -0.05) is 31.0 Å². The Labute approximate surface area is 114 Å². The van der Waals surface area contributed by atoms with Crippen LogP contribution in [0.1, 0.15) is 42.5 Å². The largest absolute Gasteiger partial charge is 0.348 e. The van der Waals surface area contributed by atoms with Gasteiger partial charge >= 0.3 is 0 Å².